The maximum atomic E-state index is 14.1. The summed E-state index contributed by atoms with van der Waals surface area (Å²) >= 11 is 0. The van der Waals surface area contributed by atoms with Gasteiger partial charge in [-0.1, -0.05) is 0 Å². The Morgan fingerprint density at radius 3 is 2.56 bits per heavy atom. The molecule has 2 aromatic rings. The van der Waals surface area contributed by atoms with Gasteiger partial charge in [0.1, 0.15) is 11.5 Å². The van der Waals surface area contributed by atoms with Crippen molar-refractivity contribution >= 4 is 11.8 Å². The van der Waals surface area contributed by atoms with Gasteiger partial charge in [0.05, 0.1) is 17.0 Å². The molecule has 1 aromatic carbocycles. The van der Waals surface area contributed by atoms with Gasteiger partial charge in [-0.25, -0.2) is 13.5 Å². The first-order chi connectivity index (χ1) is 12.9. The molecule has 0 atom stereocenters. The van der Waals surface area contributed by atoms with Crippen LogP contribution in [0.2, 0.25) is 0 Å². The van der Waals surface area contributed by atoms with Gasteiger partial charge in [0.15, 0.2) is 5.82 Å². The summed E-state index contributed by atoms with van der Waals surface area (Å²) in [7, 11) is 0. The summed E-state index contributed by atoms with van der Waals surface area (Å²) in [5.41, 5.74) is 1.27. The molecular weight excluding hydrogens is 354 g/mol. The fraction of sp³-hybridized carbons (Fsp3) is 0.421. The number of halogens is 2. The van der Waals surface area contributed by atoms with Crippen molar-refractivity contribution in [2.45, 2.75) is 33.1 Å². The zero-order valence-electron chi connectivity index (χ0n) is 15.4. The first-order valence-electron chi connectivity index (χ1n) is 8.96. The standard InChI is InChI=1S/C19H22F2N4O2/c1-12-18(19(27)22-8-7-17(26)24-9-3-4-10-24)13(2)25(23-12)16-6-5-14(20)11-15(16)21/h5-6,11H,3-4,7-10H2,1-2H3,(H,22,27). The second-order valence-electron chi connectivity index (χ2n) is 6.65. The van der Waals surface area contributed by atoms with E-state index < -0.39 is 11.6 Å². The maximum absolute atomic E-state index is 14.1. The Kier molecular flexibility index (Phi) is 5.53. The number of likely N-dealkylation sites (tertiary alicyclic amines) is 1. The van der Waals surface area contributed by atoms with E-state index in [9.17, 15) is 18.4 Å². The highest BCUT2D eigenvalue weighted by Crippen LogP contribution is 2.21. The lowest BCUT2D eigenvalue weighted by molar-refractivity contribution is -0.129. The highest BCUT2D eigenvalue weighted by atomic mass is 19.1. The molecule has 0 unspecified atom stereocenters. The smallest absolute Gasteiger partial charge is 0.255 e. The Labute approximate surface area is 156 Å². The maximum Gasteiger partial charge on any atom is 0.255 e. The number of carbonyl (C=O) groups is 2. The Morgan fingerprint density at radius 1 is 1.19 bits per heavy atom. The first-order valence-corrected chi connectivity index (χ1v) is 8.96. The van der Waals surface area contributed by atoms with Gasteiger partial charge in [0.2, 0.25) is 5.91 Å². The number of aryl methyl sites for hydroxylation is 1. The lowest BCUT2D eigenvalue weighted by atomic mass is 10.1. The summed E-state index contributed by atoms with van der Waals surface area (Å²) in [6.07, 6.45) is 2.29. The van der Waals surface area contributed by atoms with Crippen molar-refractivity contribution < 1.29 is 18.4 Å². The van der Waals surface area contributed by atoms with Gasteiger partial charge in [-0.3, -0.25) is 9.59 Å². The number of rotatable bonds is 5. The molecule has 3 rings (SSSR count). The van der Waals surface area contributed by atoms with Crippen LogP contribution in [0.5, 0.6) is 0 Å². The molecule has 1 aromatic heterocycles. The van der Waals surface area contributed by atoms with Crippen LogP contribution in [-0.2, 0) is 4.79 Å². The number of hydrogen-bond acceptors (Lipinski definition) is 3. The van der Waals surface area contributed by atoms with E-state index in [4.69, 9.17) is 0 Å². The Bertz CT molecular complexity index is 873. The third-order valence-electron chi connectivity index (χ3n) is 4.74. The van der Waals surface area contributed by atoms with Crippen molar-refractivity contribution in [2.24, 2.45) is 0 Å². The molecule has 144 valence electrons. The van der Waals surface area contributed by atoms with Crippen LogP contribution in [-0.4, -0.2) is 46.1 Å². The second kappa shape index (κ2) is 7.85. The lowest BCUT2D eigenvalue weighted by Gasteiger charge is -2.15. The molecule has 1 fully saturated rings. The van der Waals surface area contributed by atoms with Gasteiger partial charge in [0.25, 0.3) is 5.91 Å². The van der Waals surface area contributed by atoms with Crippen LogP contribution < -0.4 is 5.32 Å². The van der Waals surface area contributed by atoms with Crippen molar-refractivity contribution in [3.8, 4) is 5.69 Å². The Hall–Kier alpha value is -2.77. The van der Waals surface area contributed by atoms with E-state index in [1.807, 2.05) is 0 Å². The molecule has 0 aliphatic carbocycles. The lowest BCUT2D eigenvalue weighted by Crippen LogP contribution is -2.33. The fourth-order valence-electron chi connectivity index (χ4n) is 3.35. The molecule has 2 heterocycles. The second-order valence-corrected chi connectivity index (χ2v) is 6.65. The number of amides is 2. The van der Waals surface area contributed by atoms with Crippen LogP contribution in [0, 0.1) is 25.5 Å². The first kappa shape index (κ1) is 19.0. The minimum atomic E-state index is -0.760. The van der Waals surface area contributed by atoms with Crippen molar-refractivity contribution in [3.63, 3.8) is 0 Å². The molecule has 0 spiro atoms. The zero-order chi connectivity index (χ0) is 19.6. The molecule has 0 saturated carbocycles. The quantitative estimate of drug-likeness (QED) is 0.872. The molecule has 1 aliphatic heterocycles. The van der Waals surface area contributed by atoms with Crippen molar-refractivity contribution in [2.75, 3.05) is 19.6 Å². The zero-order valence-corrected chi connectivity index (χ0v) is 15.4. The van der Waals surface area contributed by atoms with E-state index >= 15 is 0 Å². The monoisotopic (exact) mass is 376 g/mol. The largest absolute Gasteiger partial charge is 0.351 e. The van der Waals surface area contributed by atoms with E-state index in [-0.39, 0.29) is 30.5 Å². The summed E-state index contributed by atoms with van der Waals surface area (Å²) in [6, 6.07) is 3.19. The molecule has 1 saturated heterocycles. The summed E-state index contributed by atoms with van der Waals surface area (Å²) < 4.78 is 28.5. The highest BCUT2D eigenvalue weighted by Gasteiger charge is 2.22. The van der Waals surface area contributed by atoms with Gasteiger partial charge in [0, 0.05) is 32.1 Å². The van der Waals surface area contributed by atoms with Gasteiger partial charge in [-0.15, -0.1) is 0 Å². The fourth-order valence-corrected chi connectivity index (χ4v) is 3.35. The van der Waals surface area contributed by atoms with Gasteiger partial charge >= 0.3 is 0 Å². The van der Waals surface area contributed by atoms with Crippen molar-refractivity contribution in [3.05, 3.63) is 46.8 Å². The summed E-state index contributed by atoms with van der Waals surface area (Å²) in [6.45, 7) is 5.08. The number of carbonyl (C=O) groups excluding carboxylic acids is 2. The minimum absolute atomic E-state index is 0.0327. The van der Waals surface area contributed by atoms with E-state index in [0.717, 1.165) is 38.1 Å². The van der Waals surface area contributed by atoms with E-state index in [0.29, 0.717) is 17.0 Å². The predicted molar refractivity (Wildman–Crippen MR) is 95.7 cm³/mol. The average Bonchev–Trinajstić information content (AvgIpc) is 3.23. The number of aromatic nitrogens is 2. The molecule has 1 N–H and O–H groups in total. The van der Waals surface area contributed by atoms with E-state index in [2.05, 4.69) is 10.4 Å². The highest BCUT2D eigenvalue weighted by molar-refractivity contribution is 5.96. The van der Waals surface area contributed by atoms with Crippen LogP contribution in [0.1, 0.15) is 41.0 Å². The molecule has 0 bridgehead atoms. The minimum Gasteiger partial charge on any atom is -0.351 e. The molecule has 8 heteroatoms. The Balaban J connectivity index is 1.70. The third kappa shape index (κ3) is 3.99. The molecular formula is C19H22F2N4O2. The topological polar surface area (TPSA) is 67.2 Å². The summed E-state index contributed by atoms with van der Waals surface area (Å²) in [4.78, 5) is 26.4. The molecule has 1 aliphatic rings. The predicted octanol–water partition coefficient (Wildman–Crippen LogP) is 2.51. The average molecular weight is 376 g/mol. The van der Waals surface area contributed by atoms with E-state index in [1.165, 1.54) is 10.7 Å². The van der Waals surface area contributed by atoms with Crippen LogP contribution in [0.25, 0.3) is 5.69 Å². The molecule has 0 radical (unpaired) electrons. The van der Waals surface area contributed by atoms with Gasteiger partial charge < -0.3 is 10.2 Å². The SMILES string of the molecule is Cc1nn(-c2ccc(F)cc2F)c(C)c1C(=O)NCCC(=O)N1CCCC1. The van der Waals surface area contributed by atoms with Gasteiger partial charge in [-0.2, -0.15) is 5.10 Å². The number of benzene rings is 1. The number of hydrogen-bond donors (Lipinski definition) is 1. The van der Waals surface area contributed by atoms with E-state index in [1.54, 1.807) is 18.7 Å². The molecule has 27 heavy (non-hydrogen) atoms. The van der Waals surface area contributed by atoms with Gasteiger partial charge in [-0.05, 0) is 38.8 Å². The molecule has 6 nitrogen and oxygen atoms in total. The van der Waals surface area contributed by atoms with Crippen LogP contribution in [0.15, 0.2) is 18.2 Å². The van der Waals surface area contributed by atoms with Crippen LogP contribution in [0.3, 0.4) is 0 Å². The molecule has 2 amide bonds. The normalized spacial score (nSPS) is 13.9. The summed E-state index contributed by atoms with van der Waals surface area (Å²) in [5.74, 6) is -1.78. The third-order valence-corrected chi connectivity index (χ3v) is 4.74. The van der Waals surface area contributed by atoms with Crippen molar-refractivity contribution in [1.82, 2.24) is 20.0 Å². The summed E-state index contributed by atoms with van der Waals surface area (Å²) in [5, 5.41) is 6.95. The number of nitrogens with zero attached hydrogens (tertiary/aromatic N) is 3. The number of nitrogens with one attached hydrogen (secondary N) is 1. The van der Waals surface area contributed by atoms with Crippen molar-refractivity contribution in [1.29, 1.82) is 0 Å². The van der Waals surface area contributed by atoms with Crippen LogP contribution >= 0.6 is 0 Å². The van der Waals surface area contributed by atoms with Crippen LogP contribution in [0.4, 0.5) is 8.78 Å². The Morgan fingerprint density at radius 2 is 1.89 bits per heavy atom.